The van der Waals surface area contributed by atoms with Crippen molar-refractivity contribution in [3.05, 3.63) is 35.9 Å². The molecule has 160 valence electrons. The topological polar surface area (TPSA) is 143 Å². The Labute approximate surface area is 168 Å². The van der Waals surface area contributed by atoms with Gasteiger partial charge in [0, 0.05) is 6.54 Å². The molecular weight excluding hydrogens is 382 g/mol. The average Bonchev–Trinajstić information content (AvgIpc) is 2.71. The third-order valence-electron chi connectivity index (χ3n) is 3.91. The molecule has 0 spiro atoms. The summed E-state index contributed by atoms with van der Waals surface area (Å²) in [7, 11) is 1.19. The van der Waals surface area contributed by atoms with E-state index in [1.807, 2.05) is 30.3 Å². The highest BCUT2D eigenvalue weighted by molar-refractivity contribution is 5.86. The van der Waals surface area contributed by atoms with E-state index in [2.05, 4.69) is 20.7 Å². The van der Waals surface area contributed by atoms with Crippen LogP contribution in [-0.2, 0) is 25.7 Å². The van der Waals surface area contributed by atoms with Gasteiger partial charge in [-0.25, -0.2) is 14.4 Å². The van der Waals surface area contributed by atoms with Crippen LogP contribution in [0, 0.1) is 0 Å². The van der Waals surface area contributed by atoms with Gasteiger partial charge in [0.05, 0.1) is 7.11 Å². The van der Waals surface area contributed by atoms with Gasteiger partial charge in [-0.2, -0.15) is 0 Å². The first-order valence-electron chi connectivity index (χ1n) is 9.15. The second-order valence-corrected chi connectivity index (χ2v) is 6.24. The first-order chi connectivity index (χ1) is 13.8. The Hall–Kier alpha value is -3.30. The Morgan fingerprint density at radius 2 is 1.76 bits per heavy atom. The Bertz CT molecular complexity index is 682. The SMILES string of the molecule is COC(=O)[C@H](CCCCNC(=O)OCc1ccccc1)NC(=O)N[C@@H](C)C(=O)O. The molecule has 0 aliphatic rings. The monoisotopic (exact) mass is 409 g/mol. The van der Waals surface area contributed by atoms with Gasteiger partial charge in [0.25, 0.3) is 0 Å². The van der Waals surface area contributed by atoms with Crippen LogP contribution < -0.4 is 16.0 Å². The van der Waals surface area contributed by atoms with Crippen LogP contribution in [0.5, 0.6) is 0 Å². The molecule has 4 N–H and O–H groups in total. The number of esters is 1. The van der Waals surface area contributed by atoms with Gasteiger partial charge in [-0.15, -0.1) is 0 Å². The lowest BCUT2D eigenvalue weighted by Gasteiger charge is -2.18. The number of unbranched alkanes of at least 4 members (excludes halogenated alkanes) is 1. The van der Waals surface area contributed by atoms with Gasteiger partial charge in [0.15, 0.2) is 0 Å². The fraction of sp³-hybridized carbons (Fsp3) is 0.474. The molecule has 1 aromatic carbocycles. The zero-order valence-corrected chi connectivity index (χ0v) is 16.5. The Kier molecular flexibility index (Phi) is 10.6. The van der Waals surface area contributed by atoms with Crippen LogP contribution in [0.4, 0.5) is 9.59 Å². The molecule has 29 heavy (non-hydrogen) atoms. The molecule has 0 saturated carbocycles. The van der Waals surface area contributed by atoms with Gasteiger partial charge in [0.2, 0.25) is 0 Å². The predicted molar refractivity (Wildman–Crippen MR) is 103 cm³/mol. The zero-order chi connectivity index (χ0) is 21.6. The van der Waals surface area contributed by atoms with E-state index in [4.69, 9.17) is 9.84 Å². The summed E-state index contributed by atoms with van der Waals surface area (Å²) in [5, 5.41) is 16.0. The van der Waals surface area contributed by atoms with Gasteiger partial charge in [-0.1, -0.05) is 30.3 Å². The van der Waals surface area contributed by atoms with E-state index in [9.17, 15) is 19.2 Å². The number of alkyl carbamates (subject to hydrolysis) is 1. The number of benzene rings is 1. The average molecular weight is 409 g/mol. The summed E-state index contributed by atoms with van der Waals surface area (Å²) in [5.74, 6) is -1.83. The molecule has 10 heteroatoms. The number of rotatable bonds is 11. The van der Waals surface area contributed by atoms with E-state index in [1.54, 1.807) is 0 Å². The number of carboxylic acids is 1. The highest BCUT2D eigenvalue weighted by Crippen LogP contribution is 2.04. The minimum absolute atomic E-state index is 0.172. The van der Waals surface area contributed by atoms with Crippen molar-refractivity contribution in [1.82, 2.24) is 16.0 Å². The van der Waals surface area contributed by atoms with Gasteiger partial charge in [-0.3, -0.25) is 4.79 Å². The first-order valence-corrected chi connectivity index (χ1v) is 9.15. The number of carbonyl (C=O) groups excluding carboxylic acids is 3. The fourth-order valence-electron chi connectivity index (χ4n) is 2.29. The molecule has 1 aromatic rings. The number of hydrogen-bond acceptors (Lipinski definition) is 6. The van der Waals surface area contributed by atoms with Crippen LogP contribution >= 0.6 is 0 Å². The van der Waals surface area contributed by atoms with Crippen molar-refractivity contribution in [3.8, 4) is 0 Å². The summed E-state index contributed by atoms with van der Waals surface area (Å²) in [6.07, 6.45) is 0.775. The van der Waals surface area contributed by atoms with E-state index in [0.29, 0.717) is 19.4 Å². The molecular formula is C19H27N3O7. The molecule has 0 fully saturated rings. The van der Waals surface area contributed by atoms with Crippen molar-refractivity contribution in [1.29, 1.82) is 0 Å². The van der Waals surface area contributed by atoms with Gasteiger partial charge < -0.3 is 30.5 Å². The highest BCUT2D eigenvalue weighted by Gasteiger charge is 2.23. The minimum atomic E-state index is -1.19. The van der Waals surface area contributed by atoms with Crippen molar-refractivity contribution < 1.29 is 33.8 Å². The minimum Gasteiger partial charge on any atom is -0.480 e. The first kappa shape index (κ1) is 23.7. The fourth-order valence-corrected chi connectivity index (χ4v) is 2.29. The maximum atomic E-state index is 11.8. The summed E-state index contributed by atoms with van der Waals surface area (Å²) >= 11 is 0. The predicted octanol–water partition coefficient (Wildman–Crippen LogP) is 1.40. The number of nitrogens with one attached hydrogen (secondary N) is 3. The van der Waals surface area contributed by atoms with Crippen molar-refractivity contribution in [2.24, 2.45) is 0 Å². The van der Waals surface area contributed by atoms with E-state index < -0.39 is 36.1 Å². The van der Waals surface area contributed by atoms with Crippen molar-refractivity contribution >= 4 is 24.1 Å². The number of urea groups is 1. The maximum absolute atomic E-state index is 11.8. The lowest BCUT2D eigenvalue weighted by atomic mass is 10.1. The second-order valence-electron chi connectivity index (χ2n) is 6.24. The van der Waals surface area contributed by atoms with Gasteiger partial charge in [-0.05, 0) is 31.7 Å². The van der Waals surface area contributed by atoms with Crippen LogP contribution in [-0.4, -0.2) is 54.9 Å². The smallest absolute Gasteiger partial charge is 0.407 e. The molecule has 0 aliphatic carbocycles. The highest BCUT2D eigenvalue weighted by atomic mass is 16.5. The quantitative estimate of drug-likeness (QED) is 0.319. The Balaban J connectivity index is 2.28. The molecule has 10 nitrogen and oxygen atoms in total. The number of carbonyl (C=O) groups is 4. The lowest BCUT2D eigenvalue weighted by Crippen LogP contribution is -2.50. The van der Waals surface area contributed by atoms with Crippen LogP contribution in [0.1, 0.15) is 31.7 Å². The van der Waals surface area contributed by atoms with Crippen LogP contribution in [0.25, 0.3) is 0 Å². The molecule has 3 amide bonds. The van der Waals surface area contributed by atoms with E-state index in [-0.39, 0.29) is 13.0 Å². The lowest BCUT2D eigenvalue weighted by molar-refractivity contribution is -0.143. The molecule has 0 radical (unpaired) electrons. The van der Waals surface area contributed by atoms with Crippen LogP contribution in [0.3, 0.4) is 0 Å². The largest absolute Gasteiger partial charge is 0.480 e. The molecule has 0 aliphatic heterocycles. The normalized spacial score (nSPS) is 12.2. The van der Waals surface area contributed by atoms with E-state index in [1.165, 1.54) is 14.0 Å². The third-order valence-corrected chi connectivity index (χ3v) is 3.91. The second kappa shape index (κ2) is 13.0. The van der Waals surface area contributed by atoms with Crippen molar-refractivity contribution in [2.75, 3.05) is 13.7 Å². The number of carboxylic acid groups (broad SMARTS) is 1. The summed E-state index contributed by atoms with van der Waals surface area (Å²) in [4.78, 5) is 46.0. The van der Waals surface area contributed by atoms with Crippen molar-refractivity contribution in [2.45, 2.75) is 44.9 Å². The molecule has 1 rings (SSSR count). The summed E-state index contributed by atoms with van der Waals surface area (Å²) < 4.78 is 9.73. The van der Waals surface area contributed by atoms with Crippen LogP contribution in [0.15, 0.2) is 30.3 Å². The Morgan fingerprint density at radius 1 is 1.07 bits per heavy atom. The van der Waals surface area contributed by atoms with E-state index in [0.717, 1.165) is 5.56 Å². The molecule has 0 saturated heterocycles. The summed E-state index contributed by atoms with van der Waals surface area (Å²) in [5.41, 5.74) is 0.880. The molecule has 0 heterocycles. The number of amides is 3. The zero-order valence-electron chi connectivity index (χ0n) is 16.5. The van der Waals surface area contributed by atoms with Gasteiger partial charge in [0.1, 0.15) is 18.7 Å². The summed E-state index contributed by atoms with van der Waals surface area (Å²) in [6, 6.07) is 6.47. The summed E-state index contributed by atoms with van der Waals surface area (Å²) in [6.45, 7) is 1.81. The maximum Gasteiger partial charge on any atom is 0.407 e. The standard InChI is InChI=1S/C19H27N3O7/c1-13(16(23)24)21-18(26)22-15(17(25)28-2)10-6-7-11-20-19(27)29-12-14-8-4-3-5-9-14/h3-5,8-9,13,15H,6-7,10-12H2,1-2H3,(H,20,27)(H,23,24)(H2,21,22,26)/t13-,15-/m0/s1. The van der Waals surface area contributed by atoms with E-state index >= 15 is 0 Å². The van der Waals surface area contributed by atoms with Crippen molar-refractivity contribution in [3.63, 3.8) is 0 Å². The Morgan fingerprint density at radius 3 is 2.38 bits per heavy atom. The number of hydrogen-bond donors (Lipinski definition) is 4. The number of methoxy groups -OCH3 is 1. The molecule has 2 atom stereocenters. The molecule has 0 bridgehead atoms. The number of aliphatic carboxylic acids is 1. The third kappa shape index (κ3) is 9.99. The number of ether oxygens (including phenoxy) is 2. The van der Waals surface area contributed by atoms with Crippen LogP contribution in [0.2, 0.25) is 0 Å². The molecule has 0 aromatic heterocycles. The molecule has 0 unspecified atom stereocenters. The van der Waals surface area contributed by atoms with Gasteiger partial charge >= 0.3 is 24.1 Å².